The zero-order valence-corrected chi connectivity index (χ0v) is 8.70. The molecule has 0 saturated heterocycles. The lowest BCUT2D eigenvalue weighted by Gasteiger charge is -2.00. The largest absolute Gasteiger partial charge is 0.386 e. The topological polar surface area (TPSA) is 43.4 Å². The Morgan fingerprint density at radius 3 is 2.14 bits per heavy atom. The number of carbonyl (C=O) groups is 2. The van der Waals surface area contributed by atoms with Crippen LogP contribution in [0.15, 0.2) is 6.07 Å². The van der Waals surface area contributed by atoms with Crippen molar-refractivity contribution in [3.05, 3.63) is 32.3 Å². The van der Waals surface area contributed by atoms with Crippen LogP contribution in [0, 0.1) is 0 Å². The molecule has 0 fully saturated rings. The van der Waals surface area contributed by atoms with E-state index in [1.165, 1.54) is 6.07 Å². The van der Waals surface area contributed by atoms with Crippen LogP contribution >= 0.6 is 34.8 Å². The summed E-state index contributed by atoms with van der Waals surface area (Å²) in [6.07, 6.45) is 0. The molecule has 0 unspecified atom stereocenters. The number of hydrogen-bond acceptors (Lipinski definition) is 3. The highest BCUT2D eigenvalue weighted by Crippen LogP contribution is 2.37. The Kier molecular flexibility index (Phi) is 2.18. The summed E-state index contributed by atoms with van der Waals surface area (Å²) in [5.41, 5.74) is -0.0831. The van der Waals surface area contributed by atoms with Crippen molar-refractivity contribution in [1.29, 1.82) is 0 Å². The Morgan fingerprint density at radius 1 is 0.929 bits per heavy atom. The fourth-order valence-electron chi connectivity index (χ4n) is 1.17. The molecule has 1 aliphatic rings. The molecule has 0 aliphatic carbocycles. The predicted molar refractivity (Wildman–Crippen MR) is 51.2 cm³/mol. The zero-order valence-electron chi connectivity index (χ0n) is 6.44. The molecule has 1 aliphatic heterocycles. The second-order valence-electron chi connectivity index (χ2n) is 2.58. The predicted octanol–water partition coefficient (Wildman–Crippen LogP) is 2.96. The van der Waals surface area contributed by atoms with Gasteiger partial charge in [-0.15, -0.1) is 0 Å². The Labute approximate surface area is 93.5 Å². The summed E-state index contributed by atoms with van der Waals surface area (Å²) in [5, 5.41) is 0.161. The van der Waals surface area contributed by atoms with Gasteiger partial charge in [0.2, 0.25) is 0 Å². The first-order chi connectivity index (χ1) is 6.52. The van der Waals surface area contributed by atoms with Crippen LogP contribution in [-0.4, -0.2) is 11.9 Å². The third-order valence-corrected chi connectivity index (χ3v) is 2.85. The van der Waals surface area contributed by atoms with E-state index in [4.69, 9.17) is 34.8 Å². The fraction of sp³-hybridized carbons (Fsp3) is 0. The molecule has 0 spiro atoms. The van der Waals surface area contributed by atoms with Crippen LogP contribution in [0.2, 0.25) is 15.1 Å². The van der Waals surface area contributed by atoms with Gasteiger partial charge in [-0.2, -0.15) is 0 Å². The first-order valence-corrected chi connectivity index (χ1v) is 4.59. The van der Waals surface area contributed by atoms with Gasteiger partial charge in [0, 0.05) is 0 Å². The third kappa shape index (κ3) is 1.21. The molecular weight excluding hydrogens is 250 g/mol. The molecule has 0 saturated carbocycles. The van der Waals surface area contributed by atoms with Crippen molar-refractivity contribution in [3.63, 3.8) is 0 Å². The van der Waals surface area contributed by atoms with E-state index in [1.807, 2.05) is 0 Å². The molecule has 1 aromatic carbocycles. The van der Waals surface area contributed by atoms with Crippen LogP contribution < -0.4 is 0 Å². The number of hydrogen-bond donors (Lipinski definition) is 0. The third-order valence-electron chi connectivity index (χ3n) is 1.77. The summed E-state index contributed by atoms with van der Waals surface area (Å²) in [6, 6.07) is 1.30. The average molecular weight is 251 g/mol. The second kappa shape index (κ2) is 3.12. The van der Waals surface area contributed by atoms with Crippen LogP contribution in [0.4, 0.5) is 0 Å². The standard InChI is InChI=1S/C8HCl3O3/c9-2-1-3(10)6(11)5-4(2)7(12)14-8(5)13/h1H. The number of fused-ring (bicyclic) bond motifs is 1. The molecule has 1 heterocycles. The van der Waals surface area contributed by atoms with Crippen molar-refractivity contribution in [2.24, 2.45) is 0 Å². The van der Waals surface area contributed by atoms with Crippen LogP contribution in [0.25, 0.3) is 0 Å². The average Bonchev–Trinajstić information content (AvgIpc) is 2.38. The molecule has 14 heavy (non-hydrogen) atoms. The molecule has 1 aromatic rings. The quantitative estimate of drug-likeness (QED) is 0.404. The molecule has 3 nitrogen and oxygen atoms in total. The first-order valence-electron chi connectivity index (χ1n) is 3.46. The molecule has 0 radical (unpaired) electrons. The van der Waals surface area contributed by atoms with Crippen LogP contribution in [-0.2, 0) is 4.74 Å². The molecule has 2 rings (SSSR count). The number of benzene rings is 1. The van der Waals surface area contributed by atoms with Crippen molar-refractivity contribution in [3.8, 4) is 0 Å². The summed E-state index contributed by atoms with van der Waals surface area (Å²) in [6.45, 7) is 0. The molecule has 72 valence electrons. The van der Waals surface area contributed by atoms with E-state index < -0.39 is 11.9 Å². The van der Waals surface area contributed by atoms with Crippen LogP contribution in [0.5, 0.6) is 0 Å². The van der Waals surface area contributed by atoms with Gasteiger partial charge in [-0.3, -0.25) is 0 Å². The Hall–Kier alpha value is -0.770. The fourth-order valence-corrected chi connectivity index (χ4v) is 1.94. The minimum Gasteiger partial charge on any atom is -0.386 e. The van der Waals surface area contributed by atoms with Crippen molar-refractivity contribution in [2.45, 2.75) is 0 Å². The highest BCUT2D eigenvalue weighted by atomic mass is 35.5. The van der Waals surface area contributed by atoms with Crippen molar-refractivity contribution >= 4 is 46.7 Å². The minimum absolute atomic E-state index is 0.0121. The summed E-state index contributed by atoms with van der Waals surface area (Å²) < 4.78 is 4.34. The molecule has 0 aromatic heterocycles. The van der Waals surface area contributed by atoms with Gasteiger partial charge in [0.05, 0.1) is 26.2 Å². The minimum atomic E-state index is -0.820. The van der Waals surface area contributed by atoms with Gasteiger partial charge in [0.1, 0.15) is 0 Å². The van der Waals surface area contributed by atoms with Gasteiger partial charge < -0.3 is 4.74 Å². The van der Waals surface area contributed by atoms with Crippen molar-refractivity contribution < 1.29 is 14.3 Å². The number of rotatable bonds is 0. The molecule has 0 amide bonds. The SMILES string of the molecule is O=C1OC(=O)c2c(Cl)c(Cl)cc(Cl)c21. The molecular formula is C8HCl3O3. The molecule has 0 atom stereocenters. The molecule has 0 bridgehead atoms. The van der Waals surface area contributed by atoms with E-state index in [9.17, 15) is 9.59 Å². The van der Waals surface area contributed by atoms with Gasteiger partial charge in [-0.1, -0.05) is 34.8 Å². The highest BCUT2D eigenvalue weighted by Gasteiger charge is 2.35. The number of halogens is 3. The van der Waals surface area contributed by atoms with E-state index >= 15 is 0 Å². The zero-order chi connectivity index (χ0) is 10.5. The van der Waals surface area contributed by atoms with E-state index in [1.54, 1.807) is 0 Å². The summed E-state index contributed by atoms with van der Waals surface area (Å²) in [4.78, 5) is 22.3. The van der Waals surface area contributed by atoms with Gasteiger partial charge in [-0.25, -0.2) is 9.59 Å². The monoisotopic (exact) mass is 250 g/mol. The maximum Gasteiger partial charge on any atom is 0.348 e. The van der Waals surface area contributed by atoms with Crippen LogP contribution in [0.3, 0.4) is 0 Å². The smallest absolute Gasteiger partial charge is 0.348 e. The molecule has 0 N–H and O–H groups in total. The maximum atomic E-state index is 11.2. The van der Waals surface area contributed by atoms with Crippen molar-refractivity contribution in [1.82, 2.24) is 0 Å². The lowest BCUT2D eigenvalue weighted by molar-refractivity contribution is 0.0444. The normalized spacial score (nSPS) is 14.2. The lowest BCUT2D eigenvalue weighted by atomic mass is 10.1. The first kappa shape index (κ1) is 9.77. The summed E-state index contributed by atoms with van der Waals surface area (Å²) in [5.74, 6) is -1.62. The second-order valence-corrected chi connectivity index (χ2v) is 3.77. The van der Waals surface area contributed by atoms with Crippen LogP contribution in [0.1, 0.15) is 20.7 Å². The van der Waals surface area contributed by atoms with E-state index in [2.05, 4.69) is 4.74 Å². The Bertz CT molecular complexity index is 467. The van der Waals surface area contributed by atoms with E-state index in [0.717, 1.165) is 0 Å². The lowest BCUT2D eigenvalue weighted by Crippen LogP contribution is -1.97. The van der Waals surface area contributed by atoms with Gasteiger partial charge >= 0.3 is 11.9 Å². The summed E-state index contributed by atoms with van der Waals surface area (Å²) >= 11 is 17.1. The highest BCUT2D eigenvalue weighted by molar-refractivity contribution is 6.47. The molecule has 6 heteroatoms. The Balaban J connectivity index is 2.86. The Morgan fingerprint density at radius 2 is 1.50 bits per heavy atom. The van der Waals surface area contributed by atoms with E-state index in [0.29, 0.717) is 0 Å². The van der Waals surface area contributed by atoms with Crippen molar-refractivity contribution in [2.75, 3.05) is 0 Å². The number of esters is 2. The van der Waals surface area contributed by atoms with Gasteiger partial charge in [0.15, 0.2) is 0 Å². The number of ether oxygens (including phenoxy) is 1. The van der Waals surface area contributed by atoms with Gasteiger partial charge in [-0.05, 0) is 6.07 Å². The maximum absolute atomic E-state index is 11.2. The number of carbonyl (C=O) groups excluding carboxylic acids is 2. The summed E-state index contributed by atoms with van der Waals surface area (Å²) in [7, 11) is 0. The number of cyclic esters (lactones) is 2. The van der Waals surface area contributed by atoms with E-state index in [-0.39, 0.29) is 26.2 Å². The van der Waals surface area contributed by atoms with Gasteiger partial charge in [0.25, 0.3) is 0 Å².